The van der Waals surface area contributed by atoms with E-state index in [4.69, 9.17) is 18.7 Å². The van der Waals surface area contributed by atoms with Crippen molar-refractivity contribution in [3.63, 3.8) is 0 Å². The highest BCUT2D eigenvalue weighted by Gasteiger charge is 2.16. The molecule has 0 saturated carbocycles. The molecule has 4 rings (SSSR count). The molecule has 0 bridgehead atoms. The molecule has 27 heavy (non-hydrogen) atoms. The molecule has 1 aromatic heterocycles. The number of ether oxygens (including phenoxy) is 3. The fraction of sp³-hybridized carbons (Fsp3) is 0.200. The van der Waals surface area contributed by atoms with Gasteiger partial charge in [0.15, 0.2) is 17.3 Å². The third-order valence-electron chi connectivity index (χ3n) is 4.21. The molecule has 0 atom stereocenters. The Morgan fingerprint density at radius 1 is 1.11 bits per heavy atom. The lowest BCUT2D eigenvalue weighted by Crippen LogP contribution is -2.24. The Kier molecular flexibility index (Phi) is 4.65. The standard InChI is InChI=1S/C20H18N2O5/c1-24-16-5-2-13(3-6-16)11-21-20(23)10-15-9-18(27-22-15)14-4-7-17-19(8-14)26-12-25-17/h2-9H,10-12H2,1H3,(H,21,23). The number of carbonyl (C=O) groups excluding carboxylic acids is 1. The summed E-state index contributed by atoms with van der Waals surface area (Å²) in [5.74, 6) is 2.60. The molecule has 7 nitrogen and oxygen atoms in total. The predicted octanol–water partition coefficient (Wildman–Crippen LogP) is 2.94. The second-order valence-electron chi connectivity index (χ2n) is 6.05. The largest absolute Gasteiger partial charge is 0.497 e. The highest BCUT2D eigenvalue weighted by Crippen LogP contribution is 2.36. The zero-order valence-electron chi connectivity index (χ0n) is 14.7. The van der Waals surface area contributed by atoms with Gasteiger partial charge in [0.25, 0.3) is 0 Å². The topological polar surface area (TPSA) is 82.8 Å². The smallest absolute Gasteiger partial charge is 0.231 e. The van der Waals surface area contributed by atoms with Crippen LogP contribution in [0.4, 0.5) is 0 Å². The highest BCUT2D eigenvalue weighted by atomic mass is 16.7. The Bertz CT molecular complexity index is 949. The average Bonchev–Trinajstić information content (AvgIpc) is 3.35. The van der Waals surface area contributed by atoms with Gasteiger partial charge in [-0.2, -0.15) is 0 Å². The second-order valence-corrected chi connectivity index (χ2v) is 6.05. The fourth-order valence-corrected chi connectivity index (χ4v) is 2.75. The SMILES string of the molecule is COc1ccc(CNC(=O)Cc2cc(-c3ccc4c(c3)OCO4)on2)cc1. The number of hydrogen-bond acceptors (Lipinski definition) is 6. The molecule has 3 aromatic rings. The number of carbonyl (C=O) groups is 1. The fourth-order valence-electron chi connectivity index (χ4n) is 2.75. The van der Waals surface area contributed by atoms with Crippen LogP contribution in [0.1, 0.15) is 11.3 Å². The number of hydrogen-bond donors (Lipinski definition) is 1. The summed E-state index contributed by atoms with van der Waals surface area (Å²) < 4.78 is 21.1. The van der Waals surface area contributed by atoms with E-state index in [0.29, 0.717) is 29.5 Å². The summed E-state index contributed by atoms with van der Waals surface area (Å²) in [6.45, 7) is 0.657. The lowest BCUT2D eigenvalue weighted by atomic mass is 10.1. The van der Waals surface area contributed by atoms with E-state index < -0.39 is 0 Å². The van der Waals surface area contributed by atoms with Crippen LogP contribution in [0.15, 0.2) is 53.1 Å². The predicted molar refractivity (Wildman–Crippen MR) is 96.6 cm³/mol. The normalized spacial score (nSPS) is 12.0. The van der Waals surface area contributed by atoms with Gasteiger partial charge >= 0.3 is 0 Å². The molecule has 1 N–H and O–H groups in total. The van der Waals surface area contributed by atoms with Crippen molar-refractivity contribution >= 4 is 5.91 Å². The van der Waals surface area contributed by atoms with Crippen LogP contribution in [0, 0.1) is 0 Å². The summed E-state index contributed by atoms with van der Waals surface area (Å²) in [5, 5.41) is 6.85. The van der Waals surface area contributed by atoms with Crippen LogP contribution in [-0.2, 0) is 17.8 Å². The van der Waals surface area contributed by atoms with Crippen LogP contribution in [0.3, 0.4) is 0 Å². The maximum atomic E-state index is 12.2. The van der Waals surface area contributed by atoms with Crippen molar-refractivity contribution in [3.05, 3.63) is 59.8 Å². The Labute approximate surface area is 155 Å². The summed E-state index contributed by atoms with van der Waals surface area (Å²) in [5.41, 5.74) is 2.37. The molecule has 0 spiro atoms. The summed E-state index contributed by atoms with van der Waals surface area (Å²) in [6.07, 6.45) is 0.143. The van der Waals surface area contributed by atoms with Gasteiger partial charge in [-0.3, -0.25) is 4.79 Å². The number of methoxy groups -OCH3 is 1. The monoisotopic (exact) mass is 366 g/mol. The van der Waals surface area contributed by atoms with Crippen molar-refractivity contribution in [2.75, 3.05) is 13.9 Å². The van der Waals surface area contributed by atoms with Crippen LogP contribution < -0.4 is 19.5 Å². The zero-order valence-corrected chi connectivity index (χ0v) is 14.7. The third-order valence-corrected chi connectivity index (χ3v) is 4.21. The van der Waals surface area contributed by atoms with Crippen LogP contribution in [0.5, 0.6) is 17.2 Å². The first-order valence-corrected chi connectivity index (χ1v) is 8.46. The molecule has 1 aliphatic rings. The van der Waals surface area contributed by atoms with Crippen molar-refractivity contribution in [1.82, 2.24) is 10.5 Å². The van der Waals surface area contributed by atoms with Gasteiger partial charge in [0, 0.05) is 18.2 Å². The van der Waals surface area contributed by atoms with E-state index >= 15 is 0 Å². The molecule has 0 fully saturated rings. The van der Waals surface area contributed by atoms with Crippen molar-refractivity contribution in [2.24, 2.45) is 0 Å². The van der Waals surface area contributed by atoms with Crippen LogP contribution >= 0.6 is 0 Å². The number of amides is 1. The number of nitrogens with one attached hydrogen (secondary N) is 1. The van der Waals surface area contributed by atoms with Gasteiger partial charge < -0.3 is 24.1 Å². The number of nitrogens with zero attached hydrogens (tertiary/aromatic N) is 1. The van der Waals surface area contributed by atoms with E-state index in [1.54, 1.807) is 13.2 Å². The van der Waals surface area contributed by atoms with E-state index in [1.165, 1.54) is 0 Å². The Balaban J connectivity index is 1.35. The molecular formula is C20H18N2O5. The minimum atomic E-state index is -0.128. The number of aromatic nitrogens is 1. The van der Waals surface area contributed by atoms with Crippen LogP contribution in [-0.4, -0.2) is 25.0 Å². The van der Waals surface area contributed by atoms with Crippen molar-refractivity contribution in [3.8, 4) is 28.6 Å². The van der Waals surface area contributed by atoms with Gasteiger partial charge in [-0.25, -0.2) is 0 Å². The lowest BCUT2D eigenvalue weighted by molar-refractivity contribution is -0.120. The number of benzene rings is 2. The van der Waals surface area contributed by atoms with Crippen molar-refractivity contribution in [1.29, 1.82) is 0 Å². The quantitative estimate of drug-likeness (QED) is 0.722. The molecule has 2 aromatic carbocycles. The molecule has 0 saturated heterocycles. The van der Waals surface area contributed by atoms with Crippen molar-refractivity contribution in [2.45, 2.75) is 13.0 Å². The molecule has 2 heterocycles. The lowest BCUT2D eigenvalue weighted by Gasteiger charge is -2.05. The van der Waals surface area contributed by atoms with Crippen molar-refractivity contribution < 1.29 is 23.5 Å². The molecule has 1 amide bonds. The summed E-state index contributed by atoms with van der Waals surface area (Å²) in [4.78, 5) is 12.2. The summed E-state index contributed by atoms with van der Waals surface area (Å²) >= 11 is 0. The molecule has 7 heteroatoms. The maximum Gasteiger partial charge on any atom is 0.231 e. The molecule has 0 aliphatic carbocycles. The Morgan fingerprint density at radius 3 is 2.74 bits per heavy atom. The highest BCUT2D eigenvalue weighted by molar-refractivity contribution is 5.78. The van der Waals surface area contributed by atoms with E-state index in [-0.39, 0.29) is 19.1 Å². The maximum absolute atomic E-state index is 12.2. The first-order valence-electron chi connectivity index (χ1n) is 8.46. The summed E-state index contributed by atoms with van der Waals surface area (Å²) in [7, 11) is 1.62. The Hall–Kier alpha value is -3.48. The molecule has 138 valence electrons. The van der Waals surface area contributed by atoms with Crippen LogP contribution in [0.25, 0.3) is 11.3 Å². The van der Waals surface area contributed by atoms with Crippen LogP contribution in [0.2, 0.25) is 0 Å². The van der Waals surface area contributed by atoms with Gasteiger partial charge in [-0.1, -0.05) is 17.3 Å². The molecule has 0 unspecified atom stereocenters. The first-order chi connectivity index (χ1) is 13.2. The Morgan fingerprint density at radius 2 is 1.93 bits per heavy atom. The first kappa shape index (κ1) is 17.0. The van der Waals surface area contributed by atoms with Gasteiger partial charge in [0.2, 0.25) is 12.7 Å². The molecular weight excluding hydrogens is 348 g/mol. The molecule has 0 radical (unpaired) electrons. The van der Waals surface area contributed by atoms with E-state index in [0.717, 1.165) is 16.9 Å². The van der Waals surface area contributed by atoms with Gasteiger partial charge in [0.1, 0.15) is 5.75 Å². The van der Waals surface area contributed by atoms with Gasteiger partial charge in [0.05, 0.1) is 19.2 Å². The number of rotatable bonds is 6. The molecule has 1 aliphatic heterocycles. The average molecular weight is 366 g/mol. The van der Waals surface area contributed by atoms with Gasteiger partial charge in [-0.15, -0.1) is 0 Å². The van der Waals surface area contributed by atoms with E-state index in [1.807, 2.05) is 42.5 Å². The minimum absolute atomic E-state index is 0.128. The minimum Gasteiger partial charge on any atom is -0.497 e. The van der Waals surface area contributed by atoms with E-state index in [9.17, 15) is 4.79 Å². The summed E-state index contributed by atoms with van der Waals surface area (Å²) in [6, 6.07) is 14.8. The zero-order chi connectivity index (χ0) is 18.6. The third kappa shape index (κ3) is 3.87. The van der Waals surface area contributed by atoms with Gasteiger partial charge in [-0.05, 0) is 35.9 Å². The number of fused-ring (bicyclic) bond motifs is 1. The second kappa shape index (κ2) is 7.41. The van der Waals surface area contributed by atoms with E-state index in [2.05, 4.69) is 10.5 Å².